The van der Waals surface area contributed by atoms with Crippen LogP contribution in [0.3, 0.4) is 0 Å². The summed E-state index contributed by atoms with van der Waals surface area (Å²) in [6.45, 7) is 5.91. The standard InChI is InChI=1S/C20H27NO5.ClH/c1-19(2,3)16(22)13-26-18(24)20(10-7-11-21-14-20)17(23)25-12-15-8-5-4-6-9-15;/h4-6,8-9,21H,7,10-14H2,1-3H3;1H. The van der Waals surface area contributed by atoms with Crippen LogP contribution in [-0.4, -0.2) is 37.4 Å². The number of hydrogen-bond donors (Lipinski definition) is 1. The highest BCUT2D eigenvalue weighted by atomic mass is 35.5. The lowest BCUT2D eigenvalue weighted by atomic mass is 9.80. The van der Waals surface area contributed by atoms with Crippen molar-refractivity contribution in [1.29, 1.82) is 0 Å². The van der Waals surface area contributed by atoms with E-state index in [9.17, 15) is 14.4 Å². The van der Waals surface area contributed by atoms with Gasteiger partial charge in [-0.3, -0.25) is 14.4 Å². The van der Waals surface area contributed by atoms with E-state index in [1.54, 1.807) is 20.8 Å². The van der Waals surface area contributed by atoms with Gasteiger partial charge in [0.25, 0.3) is 0 Å². The molecule has 1 aromatic rings. The highest BCUT2D eigenvalue weighted by molar-refractivity contribution is 6.01. The van der Waals surface area contributed by atoms with Gasteiger partial charge < -0.3 is 14.8 Å². The zero-order valence-electron chi connectivity index (χ0n) is 16.1. The van der Waals surface area contributed by atoms with E-state index in [1.165, 1.54) is 0 Å². The molecule has 1 aliphatic rings. The quantitative estimate of drug-likeness (QED) is 0.587. The smallest absolute Gasteiger partial charge is 0.325 e. The van der Waals surface area contributed by atoms with Crippen molar-refractivity contribution in [3.05, 3.63) is 35.9 Å². The lowest BCUT2D eigenvalue weighted by molar-refractivity contribution is -0.176. The summed E-state index contributed by atoms with van der Waals surface area (Å²) in [6.07, 6.45) is 0.999. The summed E-state index contributed by atoms with van der Waals surface area (Å²) in [7, 11) is 0. The molecule has 2 rings (SSSR count). The number of benzene rings is 1. The van der Waals surface area contributed by atoms with Crippen molar-refractivity contribution in [3.63, 3.8) is 0 Å². The van der Waals surface area contributed by atoms with Crippen molar-refractivity contribution in [2.75, 3.05) is 19.7 Å². The summed E-state index contributed by atoms with van der Waals surface area (Å²) in [5.41, 5.74) is -1.16. The van der Waals surface area contributed by atoms with Gasteiger partial charge in [-0.25, -0.2) is 0 Å². The summed E-state index contributed by atoms with van der Waals surface area (Å²) in [5.74, 6) is -1.50. The number of carbonyl (C=O) groups excluding carboxylic acids is 3. The van der Waals surface area contributed by atoms with Gasteiger partial charge in [0.1, 0.15) is 6.61 Å². The lowest BCUT2D eigenvalue weighted by Gasteiger charge is -2.33. The largest absolute Gasteiger partial charge is 0.460 e. The number of Topliss-reactive ketones (excluding diaryl/α,β-unsaturated/α-hetero) is 1. The molecule has 1 N–H and O–H groups in total. The first kappa shape index (κ1) is 23.1. The van der Waals surface area contributed by atoms with E-state index in [0.717, 1.165) is 12.1 Å². The van der Waals surface area contributed by atoms with Crippen LogP contribution in [0, 0.1) is 10.8 Å². The topological polar surface area (TPSA) is 81.7 Å². The van der Waals surface area contributed by atoms with Crippen LogP contribution in [0.5, 0.6) is 0 Å². The molecule has 0 bridgehead atoms. The van der Waals surface area contributed by atoms with Crippen molar-refractivity contribution >= 4 is 30.1 Å². The highest BCUT2D eigenvalue weighted by Gasteiger charge is 2.50. The molecule has 0 aromatic heterocycles. The fourth-order valence-electron chi connectivity index (χ4n) is 2.68. The summed E-state index contributed by atoms with van der Waals surface area (Å²) in [5, 5.41) is 3.07. The molecule has 0 spiro atoms. The predicted octanol–water partition coefficient (Wildman–Crippen LogP) is 2.68. The minimum Gasteiger partial charge on any atom is -0.460 e. The molecule has 27 heavy (non-hydrogen) atoms. The fourth-order valence-corrected chi connectivity index (χ4v) is 2.68. The van der Waals surface area contributed by atoms with E-state index in [-0.39, 0.29) is 37.9 Å². The Kier molecular flexibility index (Phi) is 8.44. The molecular formula is C20H28ClNO5. The molecule has 1 atom stereocenters. The number of esters is 2. The maximum Gasteiger partial charge on any atom is 0.325 e. The Morgan fingerprint density at radius 1 is 1.07 bits per heavy atom. The Morgan fingerprint density at radius 3 is 2.26 bits per heavy atom. The third-order valence-electron chi connectivity index (χ3n) is 4.55. The van der Waals surface area contributed by atoms with Gasteiger partial charge in [-0.05, 0) is 24.9 Å². The zero-order valence-corrected chi connectivity index (χ0v) is 16.9. The number of carbonyl (C=O) groups is 3. The second-order valence-electron chi connectivity index (χ2n) is 7.67. The summed E-state index contributed by atoms with van der Waals surface area (Å²) in [4.78, 5) is 37.4. The van der Waals surface area contributed by atoms with Crippen LogP contribution in [-0.2, 0) is 30.5 Å². The predicted molar refractivity (Wildman–Crippen MR) is 103 cm³/mol. The van der Waals surface area contributed by atoms with E-state index in [1.807, 2.05) is 30.3 Å². The molecule has 7 heteroatoms. The van der Waals surface area contributed by atoms with Crippen molar-refractivity contribution in [2.45, 2.75) is 40.2 Å². The molecule has 1 saturated heterocycles. The molecule has 0 amide bonds. The molecule has 1 aliphatic heterocycles. The summed E-state index contributed by atoms with van der Waals surface area (Å²) >= 11 is 0. The Hall–Kier alpha value is -1.92. The van der Waals surface area contributed by atoms with Crippen LogP contribution in [0.25, 0.3) is 0 Å². The Balaban J connectivity index is 0.00000364. The van der Waals surface area contributed by atoms with E-state index < -0.39 is 22.8 Å². The molecule has 150 valence electrons. The number of halogens is 1. The molecule has 0 radical (unpaired) electrons. The monoisotopic (exact) mass is 397 g/mol. The van der Waals surface area contributed by atoms with Gasteiger partial charge in [0.05, 0.1) is 0 Å². The van der Waals surface area contributed by atoms with Crippen molar-refractivity contribution < 1.29 is 23.9 Å². The van der Waals surface area contributed by atoms with E-state index >= 15 is 0 Å². The molecular weight excluding hydrogens is 370 g/mol. The van der Waals surface area contributed by atoms with Crippen LogP contribution in [0.2, 0.25) is 0 Å². The molecule has 0 saturated carbocycles. The molecule has 1 unspecified atom stereocenters. The second kappa shape index (κ2) is 9.85. The van der Waals surface area contributed by atoms with Gasteiger partial charge in [-0.1, -0.05) is 51.1 Å². The van der Waals surface area contributed by atoms with E-state index in [4.69, 9.17) is 9.47 Å². The number of ether oxygens (including phenoxy) is 2. The van der Waals surface area contributed by atoms with Crippen molar-refractivity contribution in [1.82, 2.24) is 5.32 Å². The molecule has 0 aliphatic carbocycles. The molecule has 1 aromatic carbocycles. The Morgan fingerprint density at radius 2 is 1.70 bits per heavy atom. The Bertz CT molecular complexity index is 648. The lowest BCUT2D eigenvalue weighted by Crippen LogP contribution is -2.52. The molecule has 1 fully saturated rings. The first-order chi connectivity index (χ1) is 12.3. The number of piperidine rings is 1. The van der Waals surface area contributed by atoms with E-state index in [0.29, 0.717) is 12.8 Å². The minimum atomic E-state index is -1.40. The third-order valence-corrected chi connectivity index (χ3v) is 4.55. The number of hydrogen-bond acceptors (Lipinski definition) is 6. The first-order valence-corrected chi connectivity index (χ1v) is 8.88. The van der Waals surface area contributed by atoms with Crippen molar-refractivity contribution in [3.8, 4) is 0 Å². The average molecular weight is 398 g/mol. The highest BCUT2D eigenvalue weighted by Crippen LogP contribution is 2.30. The fraction of sp³-hybridized carbons (Fsp3) is 0.550. The summed E-state index contributed by atoms with van der Waals surface area (Å²) in [6, 6.07) is 9.28. The average Bonchev–Trinajstić information content (AvgIpc) is 2.64. The van der Waals surface area contributed by atoms with Gasteiger partial charge in [0.15, 0.2) is 17.8 Å². The van der Waals surface area contributed by atoms with E-state index in [2.05, 4.69) is 5.32 Å². The van der Waals surface area contributed by atoms with Crippen LogP contribution in [0.1, 0.15) is 39.2 Å². The van der Waals surface area contributed by atoms with Crippen LogP contribution < -0.4 is 5.32 Å². The SMILES string of the molecule is CC(C)(C)C(=O)COC(=O)C1(C(=O)OCc2ccccc2)CCCNC1.Cl. The van der Waals surface area contributed by atoms with Gasteiger partial charge in [0.2, 0.25) is 0 Å². The van der Waals surface area contributed by atoms with Crippen molar-refractivity contribution in [2.24, 2.45) is 10.8 Å². The number of nitrogens with one attached hydrogen (secondary N) is 1. The van der Waals surface area contributed by atoms with Gasteiger partial charge in [-0.2, -0.15) is 0 Å². The van der Waals surface area contributed by atoms with Crippen LogP contribution in [0.15, 0.2) is 30.3 Å². The maximum absolute atomic E-state index is 12.7. The van der Waals surface area contributed by atoms with Gasteiger partial charge in [0, 0.05) is 12.0 Å². The first-order valence-electron chi connectivity index (χ1n) is 8.88. The number of ketones is 1. The number of rotatable bonds is 6. The minimum absolute atomic E-state index is 0. The Labute approximate surface area is 166 Å². The molecule has 1 heterocycles. The maximum atomic E-state index is 12.7. The van der Waals surface area contributed by atoms with Gasteiger partial charge in [-0.15, -0.1) is 12.4 Å². The summed E-state index contributed by atoms with van der Waals surface area (Å²) < 4.78 is 10.6. The van der Waals surface area contributed by atoms with Crippen LogP contribution in [0.4, 0.5) is 0 Å². The van der Waals surface area contributed by atoms with Crippen LogP contribution >= 0.6 is 12.4 Å². The normalized spacial score (nSPS) is 19.5. The zero-order chi connectivity index (χ0) is 19.2. The second-order valence-corrected chi connectivity index (χ2v) is 7.67. The molecule has 6 nitrogen and oxygen atoms in total. The third kappa shape index (κ3) is 6.04. The van der Waals surface area contributed by atoms with Gasteiger partial charge >= 0.3 is 11.9 Å².